The van der Waals surface area contributed by atoms with Gasteiger partial charge in [0.15, 0.2) is 17.5 Å². The zero-order valence-corrected chi connectivity index (χ0v) is 24.8. The molecule has 43 heavy (non-hydrogen) atoms. The van der Waals surface area contributed by atoms with E-state index in [9.17, 15) is 0 Å². The highest BCUT2D eigenvalue weighted by Crippen LogP contribution is 2.37. The lowest BCUT2D eigenvalue weighted by Crippen LogP contribution is -2.41. The first kappa shape index (κ1) is 27.2. The lowest BCUT2D eigenvalue weighted by Gasteiger charge is -2.32. The van der Waals surface area contributed by atoms with Gasteiger partial charge in [-0.2, -0.15) is 0 Å². The van der Waals surface area contributed by atoms with Crippen molar-refractivity contribution in [1.29, 1.82) is 0 Å². The Kier molecular flexibility index (Phi) is 6.68. The Morgan fingerprint density at radius 1 is 0.465 bits per heavy atom. The lowest BCUT2D eigenvalue weighted by molar-refractivity contribution is 0.00578. The van der Waals surface area contributed by atoms with E-state index in [2.05, 4.69) is 94.4 Å². The third-order valence-electron chi connectivity index (χ3n) is 8.60. The molecule has 6 aromatic rings. The Morgan fingerprint density at radius 3 is 1.63 bits per heavy atom. The molecule has 1 aromatic heterocycles. The van der Waals surface area contributed by atoms with Crippen LogP contribution >= 0.6 is 0 Å². The van der Waals surface area contributed by atoms with Crippen LogP contribution in [0.5, 0.6) is 0 Å². The predicted molar refractivity (Wildman–Crippen MR) is 175 cm³/mol. The minimum atomic E-state index is -0.442. The molecule has 0 bridgehead atoms. The summed E-state index contributed by atoms with van der Waals surface area (Å²) in [7, 11) is -0.442. The first-order valence-corrected chi connectivity index (χ1v) is 14.6. The smallest absolute Gasteiger partial charge is 0.399 e. The second-order valence-electron chi connectivity index (χ2n) is 12.0. The van der Waals surface area contributed by atoms with Gasteiger partial charge in [0.25, 0.3) is 0 Å². The molecular weight excluding hydrogens is 529 g/mol. The summed E-state index contributed by atoms with van der Waals surface area (Å²) in [5.41, 5.74) is 5.15. The topological polar surface area (TPSA) is 57.1 Å². The number of hydrogen-bond acceptors (Lipinski definition) is 5. The fourth-order valence-electron chi connectivity index (χ4n) is 5.41. The monoisotopic (exact) mass is 561 g/mol. The van der Waals surface area contributed by atoms with Crippen LogP contribution < -0.4 is 5.46 Å². The number of hydrogen-bond donors (Lipinski definition) is 0. The Balaban J connectivity index is 1.28. The van der Waals surface area contributed by atoms with Gasteiger partial charge in [0.05, 0.1) is 11.2 Å². The Bertz CT molecular complexity index is 1920. The third kappa shape index (κ3) is 5.14. The van der Waals surface area contributed by atoms with Crippen LogP contribution in [0.1, 0.15) is 27.7 Å². The van der Waals surface area contributed by atoms with Gasteiger partial charge >= 0.3 is 7.12 Å². The Hall–Kier alpha value is -4.65. The van der Waals surface area contributed by atoms with Crippen molar-refractivity contribution in [2.75, 3.05) is 0 Å². The standard InChI is InChI=1S/C37H32BN3O2/c1-36(2)37(3,4)43-38(42-36)32-17-11-10-16-31(32)26-19-21-28(22-20-26)34-39-33(27-13-6-5-7-14-27)40-35(41-34)30-23-18-25-12-8-9-15-29(25)24-30/h5-24H,1-4H3. The van der Waals surface area contributed by atoms with Crippen LogP contribution in [0.3, 0.4) is 0 Å². The van der Waals surface area contributed by atoms with Crippen molar-refractivity contribution in [3.63, 3.8) is 0 Å². The fourth-order valence-corrected chi connectivity index (χ4v) is 5.41. The van der Waals surface area contributed by atoms with Gasteiger partial charge in [-0.05, 0) is 61.1 Å². The molecule has 0 spiro atoms. The van der Waals surface area contributed by atoms with Gasteiger partial charge in [-0.25, -0.2) is 15.0 Å². The van der Waals surface area contributed by atoms with Gasteiger partial charge in [0.1, 0.15) is 0 Å². The molecule has 0 saturated carbocycles. The minimum Gasteiger partial charge on any atom is -0.399 e. The van der Waals surface area contributed by atoms with E-state index in [0.717, 1.165) is 38.7 Å². The first-order chi connectivity index (χ1) is 20.8. The van der Waals surface area contributed by atoms with E-state index in [0.29, 0.717) is 17.5 Å². The summed E-state index contributed by atoms with van der Waals surface area (Å²) in [6, 6.07) is 41.3. The predicted octanol–water partition coefficient (Wildman–Crippen LogP) is 7.99. The molecule has 0 N–H and O–H groups in total. The molecule has 1 saturated heterocycles. The average Bonchev–Trinajstić information content (AvgIpc) is 3.27. The molecule has 1 aliphatic rings. The molecule has 5 nitrogen and oxygen atoms in total. The van der Waals surface area contributed by atoms with E-state index in [1.165, 1.54) is 5.39 Å². The molecule has 0 amide bonds. The van der Waals surface area contributed by atoms with Crippen LogP contribution in [0.25, 0.3) is 56.1 Å². The van der Waals surface area contributed by atoms with Gasteiger partial charge in [-0.15, -0.1) is 0 Å². The first-order valence-electron chi connectivity index (χ1n) is 14.6. The molecule has 0 atom stereocenters. The van der Waals surface area contributed by atoms with Crippen LogP contribution in [-0.2, 0) is 9.31 Å². The van der Waals surface area contributed by atoms with Crippen molar-refractivity contribution < 1.29 is 9.31 Å². The molecule has 1 fully saturated rings. The van der Waals surface area contributed by atoms with Crippen molar-refractivity contribution >= 4 is 23.4 Å². The highest BCUT2D eigenvalue weighted by atomic mass is 16.7. The third-order valence-corrected chi connectivity index (χ3v) is 8.60. The normalized spacial score (nSPS) is 15.6. The molecule has 6 heteroatoms. The van der Waals surface area contributed by atoms with Gasteiger partial charge in [0, 0.05) is 16.7 Å². The lowest BCUT2D eigenvalue weighted by atomic mass is 9.74. The van der Waals surface area contributed by atoms with Crippen molar-refractivity contribution in [2.45, 2.75) is 38.9 Å². The molecular formula is C37H32BN3O2. The quantitative estimate of drug-likeness (QED) is 0.200. The van der Waals surface area contributed by atoms with Crippen molar-refractivity contribution in [1.82, 2.24) is 15.0 Å². The van der Waals surface area contributed by atoms with Crippen molar-refractivity contribution in [3.8, 4) is 45.3 Å². The van der Waals surface area contributed by atoms with Gasteiger partial charge in [-0.1, -0.05) is 115 Å². The molecule has 5 aromatic carbocycles. The Morgan fingerprint density at radius 2 is 0.953 bits per heavy atom. The number of aromatic nitrogens is 3. The number of fused-ring (bicyclic) bond motifs is 1. The maximum absolute atomic E-state index is 6.39. The molecule has 0 radical (unpaired) electrons. The SMILES string of the molecule is CC1(C)OB(c2ccccc2-c2ccc(-c3nc(-c4ccccc4)nc(-c4ccc5ccccc5c4)n3)cc2)OC1(C)C. The zero-order chi connectivity index (χ0) is 29.6. The van der Waals surface area contributed by atoms with Crippen LogP contribution in [0.15, 0.2) is 121 Å². The summed E-state index contributed by atoms with van der Waals surface area (Å²) in [6.07, 6.45) is 0. The van der Waals surface area contributed by atoms with Gasteiger partial charge in [0.2, 0.25) is 0 Å². The highest BCUT2D eigenvalue weighted by molar-refractivity contribution is 6.63. The van der Waals surface area contributed by atoms with Crippen molar-refractivity contribution in [3.05, 3.63) is 121 Å². The van der Waals surface area contributed by atoms with Crippen LogP contribution in [0.2, 0.25) is 0 Å². The molecule has 2 heterocycles. The summed E-state index contributed by atoms with van der Waals surface area (Å²) in [6.45, 7) is 8.31. The molecule has 0 unspecified atom stereocenters. The van der Waals surface area contributed by atoms with E-state index in [4.69, 9.17) is 24.3 Å². The fraction of sp³-hybridized carbons (Fsp3) is 0.162. The number of benzene rings is 5. The molecule has 1 aliphatic heterocycles. The highest BCUT2D eigenvalue weighted by Gasteiger charge is 2.52. The second kappa shape index (κ2) is 10.6. The van der Waals surface area contributed by atoms with Crippen LogP contribution in [-0.4, -0.2) is 33.3 Å². The second-order valence-corrected chi connectivity index (χ2v) is 12.0. The largest absolute Gasteiger partial charge is 0.495 e. The van der Waals surface area contributed by atoms with Crippen LogP contribution in [0, 0.1) is 0 Å². The van der Waals surface area contributed by atoms with Gasteiger partial charge in [-0.3, -0.25) is 0 Å². The van der Waals surface area contributed by atoms with E-state index in [-0.39, 0.29) is 0 Å². The maximum atomic E-state index is 6.39. The molecule has 210 valence electrons. The molecule has 7 rings (SSSR count). The minimum absolute atomic E-state index is 0.410. The summed E-state index contributed by atoms with van der Waals surface area (Å²) < 4.78 is 12.8. The van der Waals surface area contributed by atoms with E-state index >= 15 is 0 Å². The number of rotatable bonds is 5. The summed E-state index contributed by atoms with van der Waals surface area (Å²) in [5, 5.41) is 2.33. The molecule has 0 aliphatic carbocycles. The average molecular weight is 561 g/mol. The van der Waals surface area contributed by atoms with Gasteiger partial charge < -0.3 is 9.31 Å². The summed E-state index contributed by atoms with van der Waals surface area (Å²) in [4.78, 5) is 14.8. The Labute approximate surface area is 252 Å². The maximum Gasteiger partial charge on any atom is 0.495 e. The number of nitrogens with zero attached hydrogens (tertiary/aromatic N) is 3. The summed E-state index contributed by atoms with van der Waals surface area (Å²) in [5.74, 6) is 1.91. The van der Waals surface area contributed by atoms with E-state index in [1.54, 1.807) is 0 Å². The van der Waals surface area contributed by atoms with Crippen molar-refractivity contribution in [2.24, 2.45) is 0 Å². The van der Waals surface area contributed by atoms with Crippen LogP contribution in [0.4, 0.5) is 0 Å². The summed E-state index contributed by atoms with van der Waals surface area (Å²) >= 11 is 0. The van der Waals surface area contributed by atoms with E-state index < -0.39 is 18.3 Å². The van der Waals surface area contributed by atoms with E-state index in [1.807, 2.05) is 54.6 Å². The zero-order valence-electron chi connectivity index (χ0n) is 24.8.